The Bertz CT molecular complexity index is 865. The lowest BCUT2D eigenvalue weighted by Crippen LogP contribution is -2.15. The molecule has 0 fully saturated rings. The molecule has 3 rings (SSSR count). The third-order valence-electron chi connectivity index (χ3n) is 3.24. The summed E-state index contributed by atoms with van der Waals surface area (Å²) >= 11 is 1.19. The Morgan fingerprint density at radius 1 is 1.25 bits per heavy atom. The van der Waals surface area contributed by atoms with E-state index in [1.165, 1.54) is 23.9 Å². The number of aromatic amines is 1. The van der Waals surface area contributed by atoms with Crippen molar-refractivity contribution in [3.63, 3.8) is 0 Å². The average Bonchev–Trinajstić information content (AvgIpc) is 3.04. The van der Waals surface area contributed by atoms with Crippen molar-refractivity contribution in [2.24, 2.45) is 0 Å². The van der Waals surface area contributed by atoms with Crippen LogP contribution in [0.15, 0.2) is 53.7 Å². The molecule has 0 radical (unpaired) electrons. The van der Waals surface area contributed by atoms with Crippen molar-refractivity contribution in [2.45, 2.75) is 12.1 Å². The number of carbonyl (C=O) groups is 1. The van der Waals surface area contributed by atoms with E-state index >= 15 is 0 Å². The number of benzene rings is 2. The molecule has 2 aromatic carbocycles. The number of hydrogen-bond acceptors (Lipinski definition) is 4. The second-order valence-corrected chi connectivity index (χ2v) is 6.10. The Balaban J connectivity index is 1.59. The van der Waals surface area contributed by atoms with E-state index in [9.17, 15) is 9.18 Å². The molecule has 0 aliphatic rings. The summed E-state index contributed by atoms with van der Waals surface area (Å²) in [5.74, 6) is -0.0300. The first-order valence-corrected chi connectivity index (χ1v) is 8.27. The quantitative estimate of drug-likeness (QED) is 0.694. The number of nitrogens with zero attached hydrogens (tertiary/aromatic N) is 2. The summed E-state index contributed by atoms with van der Waals surface area (Å²) in [4.78, 5) is 16.3. The third-order valence-corrected chi connectivity index (χ3v) is 4.08. The minimum Gasteiger partial charge on any atom is -0.323 e. The van der Waals surface area contributed by atoms with E-state index in [2.05, 4.69) is 20.5 Å². The molecule has 0 bridgehead atoms. The van der Waals surface area contributed by atoms with Crippen LogP contribution in [0.3, 0.4) is 0 Å². The molecule has 0 spiro atoms. The van der Waals surface area contributed by atoms with Gasteiger partial charge < -0.3 is 5.32 Å². The molecule has 0 aliphatic carbocycles. The van der Waals surface area contributed by atoms with Gasteiger partial charge in [-0.2, -0.15) is 0 Å². The molecular weight excluding hydrogens is 327 g/mol. The number of hydrogen-bond donors (Lipinski definition) is 2. The van der Waals surface area contributed by atoms with E-state index in [0.717, 1.165) is 11.1 Å². The molecule has 0 atom stereocenters. The van der Waals surface area contributed by atoms with Crippen LogP contribution in [-0.4, -0.2) is 26.8 Å². The Morgan fingerprint density at radius 3 is 2.88 bits per heavy atom. The molecule has 122 valence electrons. The Hall–Kier alpha value is -2.67. The fourth-order valence-electron chi connectivity index (χ4n) is 2.11. The van der Waals surface area contributed by atoms with Crippen LogP contribution in [0.2, 0.25) is 0 Å². The van der Waals surface area contributed by atoms with E-state index in [1.807, 2.05) is 31.2 Å². The monoisotopic (exact) mass is 342 g/mol. The van der Waals surface area contributed by atoms with E-state index in [4.69, 9.17) is 0 Å². The second-order valence-electron chi connectivity index (χ2n) is 5.15. The van der Waals surface area contributed by atoms with Crippen molar-refractivity contribution < 1.29 is 9.18 Å². The van der Waals surface area contributed by atoms with Crippen LogP contribution in [0.4, 0.5) is 10.1 Å². The molecule has 2 N–H and O–H groups in total. The summed E-state index contributed by atoms with van der Waals surface area (Å²) in [5, 5.41) is 9.94. The maximum absolute atomic E-state index is 13.5. The van der Waals surface area contributed by atoms with Crippen molar-refractivity contribution in [3.05, 3.63) is 59.9 Å². The number of anilines is 1. The van der Waals surface area contributed by atoms with Crippen molar-refractivity contribution >= 4 is 23.4 Å². The first-order chi connectivity index (χ1) is 11.6. The van der Waals surface area contributed by atoms with Gasteiger partial charge in [-0.25, -0.2) is 9.37 Å². The predicted molar refractivity (Wildman–Crippen MR) is 92.3 cm³/mol. The summed E-state index contributed by atoms with van der Waals surface area (Å²) in [6.07, 6.45) is 0. The average molecular weight is 342 g/mol. The van der Waals surface area contributed by atoms with Crippen LogP contribution < -0.4 is 5.32 Å². The topological polar surface area (TPSA) is 70.7 Å². The summed E-state index contributed by atoms with van der Waals surface area (Å²) in [6, 6.07) is 13.9. The van der Waals surface area contributed by atoms with Crippen molar-refractivity contribution in [1.82, 2.24) is 15.2 Å². The normalized spacial score (nSPS) is 10.6. The summed E-state index contributed by atoms with van der Waals surface area (Å²) < 4.78 is 13.5. The van der Waals surface area contributed by atoms with Crippen molar-refractivity contribution in [1.29, 1.82) is 0 Å². The first-order valence-electron chi connectivity index (χ1n) is 7.28. The van der Waals surface area contributed by atoms with Crippen LogP contribution >= 0.6 is 11.8 Å². The van der Waals surface area contributed by atoms with Crippen LogP contribution in [0.5, 0.6) is 0 Å². The maximum Gasteiger partial charge on any atom is 0.234 e. The highest BCUT2D eigenvalue weighted by molar-refractivity contribution is 7.99. The maximum atomic E-state index is 13.5. The highest BCUT2D eigenvalue weighted by Gasteiger charge is 2.10. The van der Waals surface area contributed by atoms with Gasteiger partial charge >= 0.3 is 0 Å². The van der Waals surface area contributed by atoms with E-state index in [1.54, 1.807) is 12.1 Å². The van der Waals surface area contributed by atoms with Crippen molar-refractivity contribution in [3.8, 4) is 11.4 Å². The van der Waals surface area contributed by atoms with Crippen LogP contribution in [-0.2, 0) is 4.79 Å². The number of halogens is 1. The third kappa shape index (κ3) is 3.99. The second kappa shape index (κ2) is 7.27. The molecule has 1 amide bonds. The zero-order chi connectivity index (χ0) is 16.9. The highest BCUT2D eigenvalue weighted by atomic mass is 32.2. The number of aromatic nitrogens is 3. The van der Waals surface area contributed by atoms with Gasteiger partial charge in [0.15, 0.2) is 5.82 Å². The number of amides is 1. The number of para-hydroxylation sites is 1. The standard InChI is InChI=1S/C17H15FN4OS/c1-11-5-4-6-12(9-11)16-20-17(22-21-16)24-10-15(23)19-14-8-3-2-7-13(14)18/h2-9H,10H2,1H3,(H,19,23)(H,20,21,22). The predicted octanol–water partition coefficient (Wildman–Crippen LogP) is 3.65. The molecule has 0 saturated carbocycles. The number of H-pyrrole nitrogens is 1. The van der Waals surface area contributed by atoms with E-state index in [0.29, 0.717) is 11.0 Å². The molecule has 1 heterocycles. The lowest BCUT2D eigenvalue weighted by molar-refractivity contribution is -0.113. The molecule has 3 aromatic rings. The fraction of sp³-hybridized carbons (Fsp3) is 0.118. The number of rotatable bonds is 5. The Kier molecular flexibility index (Phi) is 4.90. The molecule has 0 unspecified atom stereocenters. The lowest BCUT2D eigenvalue weighted by atomic mass is 10.1. The minimum atomic E-state index is -0.463. The van der Waals surface area contributed by atoms with Gasteiger partial charge in [-0.3, -0.25) is 9.89 Å². The molecule has 1 aromatic heterocycles. The zero-order valence-corrected chi connectivity index (χ0v) is 13.7. The molecular formula is C17H15FN4OS. The molecule has 24 heavy (non-hydrogen) atoms. The summed E-state index contributed by atoms with van der Waals surface area (Å²) in [7, 11) is 0. The Labute approximate surface area is 142 Å². The smallest absolute Gasteiger partial charge is 0.234 e. The van der Waals surface area contributed by atoms with Gasteiger partial charge in [0.2, 0.25) is 11.1 Å². The molecule has 5 nitrogen and oxygen atoms in total. The summed E-state index contributed by atoms with van der Waals surface area (Å²) in [6.45, 7) is 2.00. The van der Waals surface area contributed by atoms with Gasteiger partial charge in [0.25, 0.3) is 0 Å². The zero-order valence-electron chi connectivity index (χ0n) is 12.9. The largest absolute Gasteiger partial charge is 0.323 e. The molecule has 0 saturated heterocycles. The lowest BCUT2D eigenvalue weighted by Gasteiger charge is -2.04. The molecule has 0 aliphatic heterocycles. The number of aryl methyl sites for hydroxylation is 1. The van der Waals surface area contributed by atoms with E-state index < -0.39 is 5.82 Å². The van der Waals surface area contributed by atoms with Gasteiger partial charge in [-0.1, -0.05) is 47.7 Å². The number of carbonyl (C=O) groups excluding carboxylic acids is 1. The van der Waals surface area contributed by atoms with Gasteiger partial charge in [0, 0.05) is 5.56 Å². The molecule has 7 heteroatoms. The Morgan fingerprint density at radius 2 is 2.08 bits per heavy atom. The first kappa shape index (κ1) is 16.2. The number of nitrogens with one attached hydrogen (secondary N) is 2. The van der Waals surface area contributed by atoms with E-state index in [-0.39, 0.29) is 17.3 Å². The minimum absolute atomic E-state index is 0.0967. The van der Waals surface area contributed by atoms with Gasteiger partial charge in [-0.15, -0.1) is 5.10 Å². The van der Waals surface area contributed by atoms with Gasteiger partial charge in [0.1, 0.15) is 5.82 Å². The SMILES string of the molecule is Cc1cccc(-c2nc(SCC(=O)Nc3ccccc3F)n[nH]2)c1. The summed E-state index contributed by atoms with van der Waals surface area (Å²) in [5.41, 5.74) is 2.23. The fourth-order valence-corrected chi connectivity index (χ4v) is 2.71. The highest BCUT2D eigenvalue weighted by Crippen LogP contribution is 2.20. The van der Waals surface area contributed by atoms with Crippen LogP contribution in [0.1, 0.15) is 5.56 Å². The van der Waals surface area contributed by atoms with Crippen molar-refractivity contribution in [2.75, 3.05) is 11.1 Å². The van der Waals surface area contributed by atoms with Gasteiger partial charge in [0.05, 0.1) is 11.4 Å². The van der Waals surface area contributed by atoms with Crippen LogP contribution in [0.25, 0.3) is 11.4 Å². The van der Waals surface area contributed by atoms with Crippen LogP contribution in [0, 0.1) is 12.7 Å². The number of thioether (sulfide) groups is 1. The van der Waals surface area contributed by atoms with Gasteiger partial charge in [-0.05, 0) is 25.1 Å².